The lowest BCUT2D eigenvalue weighted by atomic mass is 10.00. The molecule has 0 aromatic heterocycles. The van der Waals surface area contributed by atoms with Gasteiger partial charge in [0.2, 0.25) is 0 Å². The molecule has 1 atom stereocenters. The van der Waals surface area contributed by atoms with Crippen molar-refractivity contribution >= 4 is 24.8 Å². The minimum atomic E-state index is 0. The Kier molecular flexibility index (Phi) is 11.0. The Bertz CT molecular complexity index is 72.1. The number of hydrogen-bond acceptors (Lipinski definition) is 2. The van der Waals surface area contributed by atoms with Crippen LogP contribution in [-0.4, -0.2) is 26.7 Å². The van der Waals surface area contributed by atoms with Crippen molar-refractivity contribution in [2.75, 3.05) is 26.7 Å². The molecule has 2 N–H and O–H groups in total. The number of rotatable bonds is 2. The Morgan fingerprint density at radius 3 is 2.64 bits per heavy atom. The maximum Gasteiger partial charge on any atom is -0.000837 e. The first-order chi connectivity index (χ1) is 4.43. The lowest BCUT2D eigenvalue weighted by Crippen LogP contribution is -2.34. The second-order valence-electron chi connectivity index (χ2n) is 2.77. The summed E-state index contributed by atoms with van der Waals surface area (Å²) < 4.78 is 0. The first-order valence-corrected chi connectivity index (χ1v) is 3.79. The molecule has 1 unspecified atom stereocenters. The fraction of sp³-hybridized carbons (Fsp3) is 1.00. The highest BCUT2D eigenvalue weighted by atomic mass is 35.5. The molecule has 1 heterocycles. The highest BCUT2D eigenvalue weighted by Crippen LogP contribution is 2.07. The minimum Gasteiger partial charge on any atom is -0.319 e. The van der Waals surface area contributed by atoms with Crippen molar-refractivity contribution in [2.24, 2.45) is 5.92 Å². The Morgan fingerprint density at radius 1 is 1.45 bits per heavy atom. The predicted molar refractivity (Wildman–Crippen MR) is 54.0 cm³/mol. The molecule has 70 valence electrons. The van der Waals surface area contributed by atoms with Gasteiger partial charge in [-0.05, 0) is 45.4 Å². The maximum absolute atomic E-state index is 3.38. The van der Waals surface area contributed by atoms with E-state index in [1.165, 1.54) is 32.5 Å². The summed E-state index contributed by atoms with van der Waals surface area (Å²) in [6.07, 6.45) is 2.75. The van der Waals surface area contributed by atoms with Gasteiger partial charge in [-0.25, -0.2) is 0 Å². The average Bonchev–Trinajstić information content (AvgIpc) is 1.91. The van der Waals surface area contributed by atoms with Gasteiger partial charge in [0.25, 0.3) is 0 Å². The second-order valence-corrected chi connectivity index (χ2v) is 2.77. The molecule has 11 heavy (non-hydrogen) atoms. The normalized spacial score (nSPS) is 23.2. The van der Waals surface area contributed by atoms with Crippen LogP contribution in [0.4, 0.5) is 0 Å². The topological polar surface area (TPSA) is 24.1 Å². The summed E-state index contributed by atoms with van der Waals surface area (Å²) in [5, 5.41) is 6.58. The molecule has 0 bridgehead atoms. The Morgan fingerprint density at radius 2 is 2.18 bits per heavy atom. The zero-order valence-corrected chi connectivity index (χ0v) is 8.56. The van der Waals surface area contributed by atoms with E-state index < -0.39 is 0 Å². The molecule has 0 aromatic carbocycles. The van der Waals surface area contributed by atoms with Crippen molar-refractivity contribution in [2.45, 2.75) is 12.8 Å². The summed E-state index contributed by atoms with van der Waals surface area (Å²) >= 11 is 0. The smallest absolute Gasteiger partial charge is 0.000837 e. The van der Waals surface area contributed by atoms with Crippen molar-refractivity contribution in [3.63, 3.8) is 0 Å². The first kappa shape index (κ1) is 14.0. The van der Waals surface area contributed by atoms with Gasteiger partial charge in [0.05, 0.1) is 0 Å². The lowest BCUT2D eigenvalue weighted by Gasteiger charge is -2.21. The molecule has 1 aliphatic rings. The van der Waals surface area contributed by atoms with E-state index in [9.17, 15) is 0 Å². The number of piperidine rings is 1. The zero-order chi connectivity index (χ0) is 6.53. The van der Waals surface area contributed by atoms with E-state index in [1.807, 2.05) is 7.05 Å². The molecule has 1 fully saturated rings. The molecule has 1 saturated heterocycles. The summed E-state index contributed by atoms with van der Waals surface area (Å²) in [5.74, 6) is 0.878. The van der Waals surface area contributed by atoms with E-state index in [2.05, 4.69) is 10.6 Å². The molecule has 1 aliphatic heterocycles. The number of halogens is 2. The van der Waals surface area contributed by atoms with E-state index in [-0.39, 0.29) is 24.8 Å². The minimum absolute atomic E-state index is 0. The summed E-state index contributed by atoms with van der Waals surface area (Å²) in [7, 11) is 2.02. The number of hydrogen-bond donors (Lipinski definition) is 2. The monoisotopic (exact) mass is 200 g/mol. The lowest BCUT2D eigenvalue weighted by molar-refractivity contribution is 0.368. The predicted octanol–water partition coefficient (Wildman–Crippen LogP) is 1.05. The quantitative estimate of drug-likeness (QED) is 0.697. The van der Waals surface area contributed by atoms with Gasteiger partial charge in [0, 0.05) is 0 Å². The summed E-state index contributed by atoms with van der Waals surface area (Å²) in [6, 6.07) is 0. The van der Waals surface area contributed by atoms with E-state index in [4.69, 9.17) is 0 Å². The molecule has 0 saturated carbocycles. The Balaban J connectivity index is 0. The van der Waals surface area contributed by atoms with Crippen molar-refractivity contribution in [3.05, 3.63) is 0 Å². The maximum atomic E-state index is 3.38. The molecule has 2 nitrogen and oxygen atoms in total. The molecular weight excluding hydrogens is 183 g/mol. The highest BCUT2D eigenvalue weighted by Gasteiger charge is 2.10. The van der Waals surface area contributed by atoms with Crippen LogP contribution < -0.4 is 10.6 Å². The Hall–Kier alpha value is 0.500. The summed E-state index contributed by atoms with van der Waals surface area (Å²) in [4.78, 5) is 0. The van der Waals surface area contributed by atoms with E-state index in [1.54, 1.807) is 0 Å². The summed E-state index contributed by atoms with van der Waals surface area (Å²) in [5.41, 5.74) is 0. The van der Waals surface area contributed by atoms with Gasteiger partial charge >= 0.3 is 0 Å². The third kappa shape index (κ3) is 5.74. The third-order valence-electron chi connectivity index (χ3n) is 1.89. The van der Waals surface area contributed by atoms with Crippen LogP contribution in [0.3, 0.4) is 0 Å². The number of nitrogens with one attached hydrogen (secondary N) is 2. The molecule has 1 rings (SSSR count). The third-order valence-corrected chi connectivity index (χ3v) is 1.89. The fourth-order valence-corrected chi connectivity index (χ4v) is 1.39. The Labute approximate surface area is 81.3 Å². The van der Waals surface area contributed by atoms with Crippen LogP contribution in [0.2, 0.25) is 0 Å². The largest absolute Gasteiger partial charge is 0.319 e. The molecule has 0 radical (unpaired) electrons. The van der Waals surface area contributed by atoms with Gasteiger partial charge in [0.15, 0.2) is 0 Å². The van der Waals surface area contributed by atoms with Crippen LogP contribution in [0.1, 0.15) is 12.8 Å². The highest BCUT2D eigenvalue weighted by molar-refractivity contribution is 5.85. The van der Waals surface area contributed by atoms with Crippen molar-refractivity contribution in [1.82, 2.24) is 10.6 Å². The average molecular weight is 201 g/mol. The van der Waals surface area contributed by atoms with Gasteiger partial charge in [-0.2, -0.15) is 0 Å². The van der Waals surface area contributed by atoms with Crippen molar-refractivity contribution in [1.29, 1.82) is 0 Å². The van der Waals surface area contributed by atoms with Crippen molar-refractivity contribution in [3.8, 4) is 0 Å². The van der Waals surface area contributed by atoms with Crippen LogP contribution >= 0.6 is 24.8 Å². The molecule has 0 aliphatic carbocycles. The van der Waals surface area contributed by atoms with Gasteiger partial charge in [-0.1, -0.05) is 0 Å². The van der Waals surface area contributed by atoms with Crippen LogP contribution in [-0.2, 0) is 0 Å². The van der Waals surface area contributed by atoms with Crippen LogP contribution in [0.15, 0.2) is 0 Å². The van der Waals surface area contributed by atoms with E-state index in [0.717, 1.165) is 5.92 Å². The van der Waals surface area contributed by atoms with Gasteiger partial charge in [0.1, 0.15) is 0 Å². The van der Waals surface area contributed by atoms with Crippen LogP contribution in [0, 0.1) is 5.92 Å². The standard InChI is InChI=1S/C7H16N2.2ClH/c1-8-5-7-3-2-4-9-6-7;;/h7-9H,2-6H2,1H3;2*1H. The van der Waals surface area contributed by atoms with Crippen LogP contribution in [0.5, 0.6) is 0 Å². The van der Waals surface area contributed by atoms with Gasteiger partial charge in [-0.15, -0.1) is 24.8 Å². The van der Waals surface area contributed by atoms with Crippen LogP contribution in [0.25, 0.3) is 0 Å². The summed E-state index contributed by atoms with van der Waals surface area (Å²) in [6.45, 7) is 3.61. The van der Waals surface area contributed by atoms with Gasteiger partial charge < -0.3 is 10.6 Å². The molecular formula is C7H18Cl2N2. The fourth-order valence-electron chi connectivity index (χ4n) is 1.39. The molecule has 0 aromatic rings. The van der Waals surface area contributed by atoms with E-state index in [0.29, 0.717) is 0 Å². The molecule has 4 heteroatoms. The van der Waals surface area contributed by atoms with Crippen molar-refractivity contribution < 1.29 is 0 Å². The molecule has 0 spiro atoms. The zero-order valence-electron chi connectivity index (χ0n) is 6.93. The second kappa shape index (κ2) is 8.60. The van der Waals surface area contributed by atoms with Gasteiger partial charge in [-0.3, -0.25) is 0 Å². The van der Waals surface area contributed by atoms with E-state index >= 15 is 0 Å². The first-order valence-electron chi connectivity index (χ1n) is 3.79. The SMILES string of the molecule is CNCC1CCCNC1.Cl.Cl. The molecule has 0 amide bonds.